The number of amides is 1. The summed E-state index contributed by atoms with van der Waals surface area (Å²) < 4.78 is 1.99. The third kappa shape index (κ3) is 4.60. The lowest BCUT2D eigenvalue weighted by molar-refractivity contribution is -0.117. The smallest absolute Gasteiger partial charge is 0.224 e. The van der Waals surface area contributed by atoms with E-state index in [0.29, 0.717) is 23.7 Å². The quantitative estimate of drug-likeness (QED) is 0.249. The molecule has 200 valence electrons. The van der Waals surface area contributed by atoms with Crippen LogP contribution in [0, 0.1) is 12.8 Å². The number of fused-ring (bicyclic) bond motifs is 2. The Balaban J connectivity index is 1.19. The Bertz CT molecular complexity index is 1840. The number of rotatable bonds is 6. The van der Waals surface area contributed by atoms with Gasteiger partial charge >= 0.3 is 0 Å². The van der Waals surface area contributed by atoms with Crippen LogP contribution in [-0.2, 0) is 4.79 Å². The molecule has 1 aliphatic heterocycles. The molecule has 4 N–H and O–H groups in total. The van der Waals surface area contributed by atoms with E-state index in [0.717, 1.165) is 76.3 Å². The molecule has 40 heavy (non-hydrogen) atoms. The maximum atomic E-state index is 12.7. The molecule has 1 aliphatic rings. The van der Waals surface area contributed by atoms with Gasteiger partial charge in [-0.15, -0.1) is 0 Å². The number of pyridine rings is 3. The number of aromatic amines is 2. The van der Waals surface area contributed by atoms with Crippen LogP contribution in [0.3, 0.4) is 0 Å². The first kappa shape index (κ1) is 24.2. The van der Waals surface area contributed by atoms with Crippen LogP contribution in [0.1, 0.15) is 25.0 Å². The van der Waals surface area contributed by atoms with Gasteiger partial charge in [-0.25, -0.2) is 15.0 Å². The van der Waals surface area contributed by atoms with Crippen molar-refractivity contribution in [2.75, 3.05) is 18.4 Å². The van der Waals surface area contributed by atoms with E-state index in [-0.39, 0.29) is 5.91 Å². The largest absolute Gasteiger partial charge is 0.338 e. The molecule has 0 unspecified atom stereocenters. The summed E-state index contributed by atoms with van der Waals surface area (Å²) in [5, 5.41) is 15.0. The highest BCUT2D eigenvalue weighted by atomic mass is 16.1. The fourth-order valence-corrected chi connectivity index (χ4v) is 5.37. The normalized spacial score (nSPS) is 14.2. The number of carbonyl (C=O) groups is 1. The van der Waals surface area contributed by atoms with E-state index < -0.39 is 0 Å². The van der Waals surface area contributed by atoms with Gasteiger partial charge in [0.1, 0.15) is 16.9 Å². The first-order valence-corrected chi connectivity index (χ1v) is 13.4. The molecule has 0 bridgehead atoms. The van der Waals surface area contributed by atoms with Gasteiger partial charge in [-0.05, 0) is 69.1 Å². The summed E-state index contributed by atoms with van der Waals surface area (Å²) in [6.45, 7) is 3.91. The minimum absolute atomic E-state index is 0.0176. The summed E-state index contributed by atoms with van der Waals surface area (Å²) in [7, 11) is 0. The molecule has 0 spiro atoms. The molecule has 0 aromatic carbocycles. The fourth-order valence-electron chi connectivity index (χ4n) is 5.37. The van der Waals surface area contributed by atoms with E-state index in [4.69, 9.17) is 4.98 Å². The lowest BCUT2D eigenvalue weighted by atomic mass is 9.94. The summed E-state index contributed by atoms with van der Waals surface area (Å²) >= 11 is 0. The molecule has 7 rings (SSSR count). The zero-order chi connectivity index (χ0) is 27.1. The maximum absolute atomic E-state index is 12.7. The number of anilines is 1. The zero-order valence-electron chi connectivity index (χ0n) is 22.0. The molecule has 7 heterocycles. The third-order valence-electron chi connectivity index (χ3n) is 7.41. The number of carbonyl (C=O) groups excluding carboxylic acids is 1. The Morgan fingerprint density at radius 3 is 2.88 bits per heavy atom. The summed E-state index contributed by atoms with van der Waals surface area (Å²) in [4.78, 5) is 34.3. The van der Waals surface area contributed by atoms with E-state index in [2.05, 4.69) is 40.8 Å². The highest BCUT2D eigenvalue weighted by molar-refractivity contribution is 5.96. The van der Waals surface area contributed by atoms with Crippen LogP contribution in [0.4, 0.5) is 5.69 Å². The standard InChI is InChI=1S/C29H28N10O/c1-17-15-39(16-33-17)25-6-9-32-29-21(25)12-24(36-29)28-27-23(37-38-28)3-2-22(35-27)19-11-20(14-31-13-19)34-26(40)10-18-4-7-30-8-5-18/h2-3,6,9,11-16,18,30H,4-5,7-8,10H2,1H3,(H,32,36)(H,34,40)(H,37,38). The molecule has 1 saturated heterocycles. The van der Waals surface area contributed by atoms with Crippen LogP contribution < -0.4 is 10.6 Å². The Morgan fingerprint density at radius 1 is 1.12 bits per heavy atom. The van der Waals surface area contributed by atoms with Crippen LogP contribution in [0.5, 0.6) is 0 Å². The number of H-pyrrole nitrogens is 2. The summed E-state index contributed by atoms with van der Waals surface area (Å²) in [6.07, 6.45) is 11.6. The Kier molecular flexibility index (Phi) is 6.05. The molecular weight excluding hydrogens is 504 g/mol. The van der Waals surface area contributed by atoms with Crippen molar-refractivity contribution in [2.24, 2.45) is 5.92 Å². The van der Waals surface area contributed by atoms with Crippen molar-refractivity contribution in [3.63, 3.8) is 0 Å². The lowest BCUT2D eigenvalue weighted by Crippen LogP contribution is -2.30. The zero-order valence-corrected chi connectivity index (χ0v) is 22.0. The summed E-state index contributed by atoms with van der Waals surface area (Å²) in [6, 6.07) is 9.79. The van der Waals surface area contributed by atoms with E-state index in [9.17, 15) is 4.79 Å². The summed E-state index contributed by atoms with van der Waals surface area (Å²) in [5.74, 6) is 0.435. The second-order valence-electron chi connectivity index (χ2n) is 10.3. The average Bonchev–Trinajstić information content (AvgIpc) is 3.71. The number of hydrogen-bond donors (Lipinski definition) is 4. The van der Waals surface area contributed by atoms with Crippen LogP contribution >= 0.6 is 0 Å². The van der Waals surface area contributed by atoms with E-state index >= 15 is 0 Å². The second-order valence-corrected chi connectivity index (χ2v) is 10.3. The average molecular weight is 533 g/mol. The van der Waals surface area contributed by atoms with Crippen molar-refractivity contribution >= 4 is 33.7 Å². The fraction of sp³-hybridized carbons (Fsp3) is 0.241. The van der Waals surface area contributed by atoms with Gasteiger partial charge in [-0.2, -0.15) is 5.10 Å². The predicted octanol–water partition coefficient (Wildman–Crippen LogP) is 4.39. The van der Waals surface area contributed by atoms with Crippen molar-refractivity contribution in [3.8, 4) is 28.3 Å². The molecule has 1 amide bonds. The van der Waals surface area contributed by atoms with Crippen LogP contribution in [0.2, 0.25) is 0 Å². The molecule has 0 atom stereocenters. The number of hydrogen-bond acceptors (Lipinski definition) is 7. The van der Waals surface area contributed by atoms with E-state index in [1.807, 2.05) is 48.0 Å². The van der Waals surface area contributed by atoms with Crippen molar-refractivity contribution in [3.05, 3.63) is 67.1 Å². The molecule has 1 fully saturated rings. The van der Waals surface area contributed by atoms with Crippen molar-refractivity contribution in [1.29, 1.82) is 0 Å². The SMILES string of the molecule is Cc1cn(-c2ccnc3[nH]c(-c4n[nH]c5ccc(-c6cncc(NC(=O)CC7CCNCC7)c6)nc45)cc23)cn1. The van der Waals surface area contributed by atoms with Gasteiger partial charge in [0.15, 0.2) is 0 Å². The maximum Gasteiger partial charge on any atom is 0.224 e. The van der Waals surface area contributed by atoms with E-state index in [1.54, 1.807) is 24.9 Å². The van der Waals surface area contributed by atoms with Gasteiger partial charge < -0.3 is 20.2 Å². The van der Waals surface area contributed by atoms with Gasteiger partial charge in [0.2, 0.25) is 5.91 Å². The minimum Gasteiger partial charge on any atom is -0.338 e. The number of aromatic nitrogens is 8. The topological polar surface area (TPSA) is 142 Å². The van der Waals surface area contributed by atoms with Crippen molar-refractivity contribution in [1.82, 2.24) is 45.0 Å². The number of imidazole rings is 1. The number of nitrogens with one attached hydrogen (secondary N) is 4. The van der Waals surface area contributed by atoms with Crippen molar-refractivity contribution in [2.45, 2.75) is 26.2 Å². The highest BCUT2D eigenvalue weighted by Gasteiger charge is 2.18. The van der Waals surface area contributed by atoms with Crippen LogP contribution in [-0.4, -0.2) is 58.7 Å². The molecule has 11 nitrogen and oxygen atoms in total. The summed E-state index contributed by atoms with van der Waals surface area (Å²) in [5.41, 5.74) is 7.92. The van der Waals surface area contributed by atoms with Gasteiger partial charge in [-0.1, -0.05) is 0 Å². The molecule has 11 heteroatoms. The van der Waals surface area contributed by atoms with Crippen LogP contribution in [0.15, 0.2) is 61.4 Å². The Labute approximate surface area is 229 Å². The Morgan fingerprint density at radius 2 is 2.02 bits per heavy atom. The molecule has 0 aliphatic carbocycles. The van der Waals surface area contributed by atoms with Gasteiger partial charge in [0.25, 0.3) is 0 Å². The van der Waals surface area contributed by atoms with Crippen LogP contribution in [0.25, 0.3) is 50.4 Å². The van der Waals surface area contributed by atoms with Gasteiger partial charge in [-0.3, -0.25) is 14.9 Å². The lowest BCUT2D eigenvalue weighted by Gasteiger charge is -2.21. The van der Waals surface area contributed by atoms with Crippen molar-refractivity contribution < 1.29 is 4.79 Å². The molecule has 6 aromatic rings. The molecule has 0 radical (unpaired) electrons. The highest BCUT2D eigenvalue weighted by Crippen LogP contribution is 2.31. The number of piperidine rings is 1. The first-order chi connectivity index (χ1) is 19.6. The predicted molar refractivity (Wildman–Crippen MR) is 153 cm³/mol. The minimum atomic E-state index is 0.0176. The first-order valence-electron chi connectivity index (χ1n) is 13.4. The van der Waals surface area contributed by atoms with Gasteiger partial charge in [0, 0.05) is 36.0 Å². The molecule has 6 aromatic heterocycles. The molecular formula is C29H28N10O. The molecule has 0 saturated carbocycles. The Hall–Kier alpha value is -4.90. The number of aryl methyl sites for hydroxylation is 1. The second kappa shape index (κ2) is 10.0. The van der Waals surface area contributed by atoms with Gasteiger partial charge in [0.05, 0.1) is 46.5 Å². The number of nitrogens with zero attached hydrogens (tertiary/aromatic N) is 6. The monoisotopic (exact) mass is 532 g/mol. The van der Waals surface area contributed by atoms with E-state index in [1.165, 1.54) is 0 Å². The third-order valence-corrected chi connectivity index (χ3v) is 7.41.